The van der Waals surface area contributed by atoms with E-state index in [1.165, 1.54) is 6.20 Å². The van der Waals surface area contributed by atoms with Gasteiger partial charge in [-0.25, -0.2) is 17.8 Å². The molecule has 0 atom stereocenters. The molecule has 0 N–H and O–H groups in total. The zero-order valence-electron chi connectivity index (χ0n) is 20.3. The van der Waals surface area contributed by atoms with Crippen LogP contribution in [0.1, 0.15) is 18.4 Å². The number of benzene rings is 1. The van der Waals surface area contributed by atoms with E-state index in [-0.39, 0.29) is 25.2 Å². The number of aryl methyl sites for hydroxylation is 1. The number of halogens is 4. The second-order valence-electron chi connectivity index (χ2n) is 8.85. The summed E-state index contributed by atoms with van der Waals surface area (Å²) in [6, 6.07) is 3.16. The number of alkyl halides is 3. The highest BCUT2D eigenvalue weighted by Gasteiger charge is 2.40. The Morgan fingerprint density at radius 1 is 1.00 bits per heavy atom. The van der Waals surface area contributed by atoms with E-state index >= 15 is 0 Å². The normalized spacial score (nSPS) is 15.7. The van der Waals surface area contributed by atoms with E-state index in [0.29, 0.717) is 53.2 Å². The topological polar surface area (TPSA) is 110 Å². The van der Waals surface area contributed by atoms with Crippen LogP contribution in [0.5, 0.6) is 0 Å². The lowest BCUT2D eigenvalue weighted by Crippen LogP contribution is -2.46. The smallest absolute Gasteiger partial charge is 0.353 e. The maximum absolute atomic E-state index is 13.5. The van der Waals surface area contributed by atoms with Crippen molar-refractivity contribution in [2.24, 2.45) is 7.05 Å². The molecular weight excluding hydrogens is 528 g/mol. The average molecular weight is 551 g/mol. The van der Waals surface area contributed by atoms with E-state index in [4.69, 9.17) is 0 Å². The van der Waals surface area contributed by atoms with Gasteiger partial charge in [-0.05, 0) is 37.1 Å². The van der Waals surface area contributed by atoms with Gasteiger partial charge in [-0.3, -0.25) is 9.67 Å². The monoisotopic (exact) mass is 550 g/mol. The molecule has 1 aliphatic rings. The van der Waals surface area contributed by atoms with Gasteiger partial charge in [0.25, 0.3) is 0 Å². The molecule has 200 valence electrons. The fourth-order valence-electron chi connectivity index (χ4n) is 4.61. The van der Waals surface area contributed by atoms with Crippen LogP contribution in [0.4, 0.5) is 23.4 Å². The van der Waals surface area contributed by atoms with Crippen LogP contribution >= 0.6 is 0 Å². The van der Waals surface area contributed by atoms with Gasteiger partial charge in [-0.15, -0.1) is 10.2 Å². The molecule has 0 amide bonds. The van der Waals surface area contributed by atoms with E-state index < -0.39 is 32.5 Å². The highest BCUT2D eigenvalue weighted by Crippen LogP contribution is 2.37. The quantitative estimate of drug-likeness (QED) is 0.349. The van der Waals surface area contributed by atoms with E-state index in [1.807, 2.05) is 4.90 Å². The Hall–Kier alpha value is -3.72. The van der Waals surface area contributed by atoms with E-state index in [2.05, 4.69) is 25.3 Å². The summed E-state index contributed by atoms with van der Waals surface area (Å²) in [7, 11) is -0.961. The van der Waals surface area contributed by atoms with Crippen LogP contribution in [0.15, 0.2) is 47.8 Å². The van der Waals surface area contributed by atoms with E-state index in [0.717, 1.165) is 4.31 Å². The molecular formula is C23H22F4N8O2S. The van der Waals surface area contributed by atoms with Gasteiger partial charge >= 0.3 is 6.18 Å². The SMILES string of the molecule is CN(c1nnc(-c2ccnn2C)c2nccnc12)C1CCN(S(=O)(=O)c2ccc(F)cc2C(F)(F)F)CC1. The molecule has 1 saturated heterocycles. The number of fused-ring (bicyclic) bond motifs is 1. The number of hydrogen-bond donors (Lipinski definition) is 0. The summed E-state index contributed by atoms with van der Waals surface area (Å²) in [6.07, 6.45) is 0.304. The Balaban J connectivity index is 1.39. The molecule has 0 unspecified atom stereocenters. The van der Waals surface area contributed by atoms with Crippen molar-refractivity contribution in [2.45, 2.75) is 30.0 Å². The van der Waals surface area contributed by atoms with Crippen molar-refractivity contribution in [1.29, 1.82) is 0 Å². The molecule has 10 nitrogen and oxygen atoms in total. The zero-order valence-corrected chi connectivity index (χ0v) is 21.1. The maximum atomic E-state index is 13.5. The molecule has 4 heterocycles. The summed E-state index contributed by atoms with van der Waals surface area (Å²) in [5.74, 6) is -0.722. The van der Waals surface area contributed by atoms with Crippen molar-refractivity contribution in [3.05, 3.63) is 54.2 Å². The van der Waals surface area contributed by atoms with Crippen LogP contribution in [0, 0.1) is 5.82 Å². The Kier molecular flexibility index (Phi) is 6.51. The van der Waals surface area contributed by atoms with Crippen LogP contribution in [0.25, 0.3) is 22.4 Å². The highest BCUT2D eigenvalue weighted by atomic mass is 32.2. The van der Waals surface area contributed by atoms with Crippen molar-refractivity contribution in [2.75, 3.05) is 25.0 Å². The van der Waals surface area contributed by atoms with Gasteiger partial charge in [0.1, 0.15) is 22.5 Å². The number of aromatic nitrogens is 6. The minimum Gasteiger partial charge on any atom is -0.353 e. The fourth-order valence-corrected chi connectivity index (χ4v) is 6.28. The van der Waals surface area contributed by atoms with Crippen LogP contribution in [-0.2, 0) is 23.2 Å². The average Bonchev–Trinajstić information content (AvgIpc) is 3.32. The van der Waals surface area contributed by atoms with Gasteiger partial charge in [0, 0.05) is 51.8 Å². The molecule has 4 aromatic rings. The maximum Gasteiger partial charge on any atom is 0.417 e. The van der Waals surface area contributed by atoms with Crippen LogP contribution in [0.3, 0.4) is 0 Å². The molecule has 5 rings (SSSR count). The van der Waals surface area contributed by atoms with Gasteiger partial charge in [0.2, 0.25) is 10.0 Å². The summed E-state index contributed by atoms with van der Waals surface area (Å²) in [4.78, 5) is 9.76. The van der Waals surface area contributed by atoms with Gasteiger partial charge in [-0.1, -0.05) is 0 Å². The van der Waals surface area contributed by atoms with Gasteiger partial charge < -0.3 is 4.90 Å². The highest BCUT2D eigenvalue weighted by molar-refractivity contribution is 7.89. The Labute approximate surface area is 215 Å². The van der Waals surface area contributed by atoms with Crippen molar-refractivity contribution in [3.63, 3.8) is 0 Å². The standard InChI is InChI=1S/C23H22F4N8O2S/c1-33(22-21-20(28-9-10-29-21)19(31-32-22)17-5-8-30-34(17)2)15-6-11-35(12-7-15)38(36,37)18-4-3-14(24)13-16(18)23(25,26)27/h3-5,8-10,13,15H,6-7,11-12H2,1-2H3. The van der Waals surface area contributed by atoms with E-state index in [9.17, 15) is 26.0 Å². The molecule has 3 aromatic heterocycles. The first kappa shape index (κ1) is 25.9. The van der Waals surface area contributed by atoms with Gasteiger partial charge in [0.05, 0.1) is 16.2 Å². The van der Waals surface area contributed by atoms with Crippen molar-refractivity contribution in [1.82, 2.24) is 34.3 Å². The first-order chi connectivity index (χ1) is 18.0. The van der Waals surface area contributed by atoms with Crippen molar-refractivity contribution < 1.29 is 26.0 Å². The minimum atomic E-state index is -5.02. The molecule has 1 aliphatic heterocycles. The van der Waals surface area contributed by atoms with Crippen LogP contribution in [-0.4, -0.2) is 68.8 Å². The third kappa shape index (κ3) is 4.55. The third-order valence-electron chi connectivity index (χ3n) is 6.61. The molecule has 38 heavy (non-hydrogen) atoms. The summed E-state index contributed by atoms with van der Waals surface area (Å²) in [6.45, 7) is -0.0632. The first-order valence-electron chi connectivity index (χ1n) is 11.5. The summed E-state index contributed by atoms with van der Waals surface area (Å²) in [5.41, 5.74) is 0.701. The number of rotatable bonds is 5. The number of hydrogen-bond acceptors (Lipinski definition) is 8. The number of sulfonamides is 1. The molecule has 0 spiro atoms. The number of nitrogens with zero attached hydrogens (tertiary/aromatic N) is 8. The molecule has 0 saturated carbocycles. The summed E-state index contributed by atoms with van der Waals surface area (Å²) in [5, 5.41) is 12.9. The molecule has 0 bridgehead atoms. The third-order valence-corrected chi connectivity index (χ3v) is 8.57. The number of piperidine rings is 1. The molecule has 15 heteroatoms. The van der Waals surface area contributed by atoms with Crippen molar-refractivity contribution in [3.8, 4) is 11.4 Å². The van der Waals surface area contributed by atoms with Gasteiger partial charge in [0.15, 0.2) is 5.82 Å². The molecule has 1 aromatic carbocycles. The predicted octanol–water partition coefficient (Wildman–Crippen LogP) is 3.27. The zero-order chi connectivity index (χ0) is 27.2. The van der Waals surface area contributed by atoms with Crippen LogP contribution < -0.4 is 4.90 Å². The first-order valence-corrected chi connectivity index (χ1v) is 13.0. The minimum absolute atomic E-state index is 0.0316. The fraction of sp³-hybridized carbons (Fsp3) is 0.348. The summed E-state index contributed by atoms with van der Waals surface area (Å²) >= 11 is 0. The largest absolute Gasteiger partial charge is 0.417 e. The lowest BCUT2D eigenvalue weighted by molar-refractivity contribution is -0.140. The van der Waals surface area contributed by atoms with E-state index in [1.54, 1.807) is 37.2 Å². The predicted molar refractivity (Wildman–Crippen MR) is 129 cm³/mol. The van der Waals surface area contributed by atoms with Crippen molar-refractivity contribution >= 4 is 26.9 Å². The lowest BCUT2D eigenvalue weighted by Gasteiger charge is -2.36. The Morgan fingerprint density at radius 3 is 2.32 bits per heavy atom. The summed E-state index contributed by atoms with van der Waals surface area (Å²) < 4.78 is 82.8. The Bertz CT molecular complexity index is 1600. The van der Waals surface area contributed by atoms with Crippen LogP contribution in [0.2, 0.25) is 0 Å². The Morgan fingerprint density at radius 2 is 1.68 bits per heavy atom. The van der Waals surface area contributed by atoms with Gasteiger partial charge in [-0.2, -0.15) is 22.6 Å². The second kappa shape index (κ2) is 9.54. The lowest BCUT2D eigenvalue weighted by atomic mass is 10.1. The second-order valence-corrected chi connectivity index (χ2v) is 10.8. The molecule has 0 aliphatic carbocycles. The molecule has 0 radical (unpaired) electrons. The molecule has 1 fully saturated rings. The number of anilines is 1.